The third-order valence-electron chi connectivity index (χ3n) is 8.95. The maximum absolute atomic E-state index is 5.34. The molecule has 44 heavy (non-hydrogen) atoms. The molecule has 0 amide bonds. The van der Waals surface area contributed by atoms with Gasteiger partial charge in [-0.25, -0.2) is 0 Å². The Morgan fingerprint density at radius 3 is 1.50 bits per heavy atom. The van der Waals surface area contributed by atoms with Gasteiger partial charge in [0.25, 0.3) is 0 Å². The van der Waals surface area contributed by atoms with E-state index in [2.05, 4.69) is 176 Å². The average Bonchev–Trinajstić information content (AvgIpc) is 3.44. The van der Waals surface area contributed by atoms with Gasteiger partial charge < -0.3 is 4.90 Å². The van der Waals surface area contributed by atoms with Crippen LogP contribution in [0.1, 0.15) is 5.56 Å². The Morgan fingerprint density at radius 2 is 0.955 bits per heavy atom. The van der Waals surface area contributed by atoms with E-state index in [1.54, 1.807) is 0 Å². The zero-order valence-electron chi connectivity index (χ0n) is 24.6. The Balaban J connectivity index is 1.60. The molecule has 0 N–H and O–H groups in total. The van der Waals surface area contributed by atoms with Gasteiger partial charge in [-0.1, -0.05) is 164 Å². The third kappa shape index (κ3) is 4.30. The van der Waals surface area contributed by atoms with Crippen LogP contribution in [0.4, 0.5) is 0 Å². The summed E-state index contributed by atoms with van der Waals surface area (Å²) in [5.74, 6) is 1.03. The molecule has 1 aliphatic carbocycles. The Labute approximate surface area is 259 Å². The fraction of sp³-hybridized carbons (Fsp3) is 0.0714. The lowest BCUT2D eigenvalue weighted by Crippen LogP contribution is -2.35. The molecule has 210 valence electrons. The number of likely N-dealkylation sites (N-methyl/N-ethyl adjacent to an activating group) is 1. The standard InChI is InChI=1S/C42H32N2/c1-44-36-28-15-14-27-35(36)43-42(44)34-26-16-25-33-37(29-17-6-2-7-18-29)38(30-19-8-3-9-20-30)39(31-21-10-4-11-22-31)40(41(33)34)32-23-12-5-13-24-32/h2-28,35-36H,1H3. The zero-order valence-corrected chi connectivity index (χ0v) is 24.6. The number of aliphatic imine (C=N–C) groups is 1. The molecule has 2 nitrogen and oxygen atoms in total. The summed E-state index contributed by atoms with van der Waals surface area (Å²) < 4.78 is 0. The maximum Gasteiger partial charge on any atom is 0.132 e. The van der Waals surface area contributed by atoms with E-state index in [9.17, 15) is 0 Å². The van der Waals surface area contributed by atoms with Crippen LogP contribution in [0.5, 0.6) is 0 Å². The fourth-order valence-corrected chi connectivity index (χ4v) is 7.01. The minimum Gasteiger partial charge on any atom is -0.350 e. The van der Waals surface area contributed by atoms with Gasteiger partial charge in [0.15, 0.2) is 0 Å². The summed E-state index contributed by atoms with van der Waals surface area (Å²) in [6.07, 6.45) is 8.74. The molecule has 6 aromatic rings. The topological polar surface area (TPSA) is 15.6 Å². The van der Waals surface area contributed by atoms with Gasteiger partial charge in [-0.15, -0.1) is 0 Å². The first-order valence-corrected chi connectivity index (χ1v) is 15.3. The summed E-state index contributed by atoms with van der Waals surface area (Å²) in [5.41, 5.74) is 10.9. The summed E-state index contributed by atoms with van der Waals surface area (Å²) >= 11 is 0. The largest absolute Gasteiger partial charge is 0.350 e. The minimum absolute atomic E-state index is 0.112. The molecule has 0 radical (unpaired) electrons. The monoisotopic (exact) mass is 564 g/mol. The van der Waals surface area contributed by atoms with Crippen molar-refractivity contribution in [2.24, 2.45) is 4.99 Å². The van der Waals surface area contributed by atoms with E-state index in [0.717, 1.165) is 11.4 Å². The summed E-state index contributed by atoms with van der Waals surface area (Å²) in [6.45, 7) is 0. The maximum atomic E-state index is 5.34. The molecular formula is C42H32N2. The third-order valence-corrected chi connectivity index (χ3v) is 8.95. The van der Waals surface area contributed by atoms with Crippen molar-refractivity contribution in [3.8, 4) is 44.5 Å². The molecule has 0 aromatic heterocycles. The van der Waals surface area contributed by atoms with Crippen LogP contribution in [0.15, 0.2) is 169 Å². The minimum atomic E-state index is 0.112. The number of nitrogens with zero attached hydrogens (tertiary/aromatic N) is 2. The second-order valence-electron chi connectivity index (χ2n) is 11.5. The molecule has 6 aromatic carbocycles. The Kier molecular flexibility index (Phi) is 6.53. The molecule has 0 fully saturated rings. The van der Waals surface area contributed by atoms with Crippen molar-refractivity contribution in [3.63, 3.8) is 0 Å². The van der Waals surface area contributed by atoms with Gasteiger partial charge in [0.05, 0.1) is 12.1 Å². The van der Waals surface area contributed by atoms with Crippen molar-refractivity contribution in [2.45, 2.75) is 12.1 Å². The molecule has 1 aliphatic heterocycles. The number of fused-ring (bicyclic) bond motifs is 2. The predicted molar refractivity (Wildman–Crippen MR) is 186 cm³/mol. The van der Waals surface area contributed by atoms with Crippen molar-refractivity contribution in [3.05, 3.63) is 169 Å². The Morgan fingerprint density at radius 1 is 0.477 bits per heavy atom. The molecule has 1 heterocycles. The Hall–Kier alpha value is -5.47. The highest BCUT2D eigenvalue weighted by Crippen LogP contribution is 2.51. The fourth-order valence-electron chi connectivity index (χ4n) is 7.01. The van der Waals surface area contributed by atoms with Crippen LogP contribution in [-0.2, 0) is 0 Å². The van der Waals surface area contributed by atoms with Crippen molar-refractivity contribution in [1.29, 1.82) is 0 Å². The van der Waals surface area contributed by atoms with E-state index in [0.29, 0.717) is 0 Å². The lowest BCUT2D eigenvalue weighted by molar-refractivity contribution is 0.438. The number of rotatable bonds is 5. The van der Waals surface area contributed by atoms with Gasteiger partial charge in [-0.3, -0.25) is 4.99 Å². The number of hydrogen-bond donors (Lipinski definition) is 0. The van der Waals surface area contributed by atoms with Gasteiger partial charge >= 0.3 is 0 Å². The van der Waals surface area contributed by atoms with Crippen LogP contribution in [-0.4, -0.2) is 29.9 Å². The van der Waals surface area contributed by atoms with E-state index < -0.39 is 0 Å². The van der Waals surface area contributed by atoms with Crippen molar-refractivity contribution in [1.82, 2.24) is 4.90 Å². The molecule has 0 spiro atoms. The number of allylic oxidation sites excluding steroid dienone is 2. The number of hydrogen-bond acceptors (Lipinski definition) is 2. The summed E-state index contributed by atoms with van der Waals surface area (Å²) in [4.78, 5) is 7.69. The van der Waals surface area contributed by atoms with Crippen LogP contribution in [0.25, 0.3) is 55.3 Å². The second-order valence-corrected chi connectivity index (χ2v) is 11.5. The van der Waals surface area contributed by atoms with Gasteiger partial charge in [0.1, 0.15) is 5.84 Å². The van der Waals surface area contributed by atoms with E-state index >= 15 is 0 Å². The van der Waals surface area contributed by atoms with Crippen LogP contribution in [0.3, 0.4) is 0 Å². The highest BCUT2D eigenvalue weighted by atomic mass is 15.3. The number of amidine groups is 1. The van der Waals surface area contributed by atoms with Crippen molar-refractivity contribution in [2.75, 3.05) is 7.05 Å². The van der Waals surface area contributed by atoms with Crippen LogP contribution in [0, 0.1) is 0 Å². The van der Waals surface area contributed by atoms with Crippen LogP contribution in [0.2, 0.25) is 0 Å². The quantitative estimate of drug-likeness (QED) is 0.203. The van der Waals surface area contributed by atoms with E-state index in [1.165, 1.54) is 55.3 Å². The van der Waals surface area contributed by atoms with Gasteiger partial charge in [-0.2, -0.15) is 0 Å². The molecule has 0 saturated heterocycles. The second kappa shape index (κ2) is 11.0. The predicted octanol–water partition coefficient (Wildman–Crippen LogP) is 10.1. The highest BCUT2D eigenvalue weighted by molar-refractivity contribution is 6.24. The molecular weight excluding hydrogens is 532 g/mol. The van der Waals surface area contributed by atoms with E-state index in [-0.39, 0.29) is 12.1 Å². The van der Waals surface area contributed by atoms with Crippen molar-refractivity contribution >= 4 is 16.6 Å². The Bertz CT molecular complexity index is 2060. The molecule has 2 unspecified atom stereocenters. The summed E-state index contributed by atoms with van der Waals surface area (Å²) in [5, 5.41) is 2.46. The molecule has 2 heteroatoms. The first kappa shape index (κ1) is 26.2. The van der Waals surface area contributed by atoms with Gasteiger partial charge in [-0.05, 0) is 49.9 Å². The van der Waals surface area contributed by atoms with Gasteiger partial charge in [0, 0.05) is 18.0 Å². The molecule has 8 rings (SSSR count). The lowest BCUT2D eigenvalue weighted by Gasteiger charge is -2.28. The smallest absolute Gasteiger partial charge is 0.132 e. The van der Waals surface area contributed by atoms with E-state index in [4.69, 9.17) is 4.99 Å². The van der Waals surface area contributed by atoms with Crippen LogP contribution < -0.4 is 0 Å². The highest BCUT2D eigenvalue weighted by Gasteiger charge is 2.34. The molecule has 0 bridgehead atoms. The first-order chi connectivity index (χ1) is 21.8. The first-order valence-electron chi connectivity index (χ1n) is 15.3. The van der Waals surface area contributed by atoms with Crippen molar-refractivity contribution < 1.29 is 0 Å². The van der Waals surface area contributed by atoms with Gasteiger partial charge in [0.2, 0.25) is 0 Å². The summed E-state index contributed by atoms with van der Waals surface area (Å²) in [7, 11) is 2.18. The molecule has 2 atom stereocenters. The SMILES string of the molecule is CN1C(c2cccc3c(-c4ccccc4)c(-c4ccccc4)c(-c4ccccc4)c(-c4ccccc4)c23)=NC2C=CC=CC21. The average molecular weight is 565 g/mol. The zero-order chi connectivity index (χ0) is 29.5. The van der Waals surface area contributed by atoms with E-state index in [1.807, 2.05) is 0 Å². The normalized spacial score (nSPS) is 17.1. The number of benzene rings is 6. The lowest BCUT2D eigenvalue weighted by atomic mass is 9.78. The summed E-state index contributed by atoms with van der Waals surface area (Å²) in [6, 6.07) is 50.7. The molecule has 0 saturated carbocycles. The van der Waals surface area contributed by atoms with Crippen LogP contribution >= 0.6 is 0 Å². The molecule has 2 aliphatic rings.